The molecule has 2 N–H and O–H groups in total. The van der Waals surface area contributed by atoms with Crippen LogP contribution < -0.4 is 10.0 Å². The van der Waals surface area contributed by atoms with Crippen LogP contribution in [0, 0.1) is 18.6 Å². The molecule has 0 fully saturated rings. The van der Waals surface area contributed by atoms with Gasteiger partial charge in [-0.25, -0.2) is 21.9 Å². The minimum Gasteiger partial charge on any atom is -0.355 e. The standard InChI is InChI=1S/C17H18F2N2O3S/c1-12-10-15(19)6-7-16(12)25(23,24)21-11-17(22)20-9-8-13-2-4-14(18)5-3-13/h2-7,10,21H,8-9,11H2,1H3,(H,20,22). The zero-order valence-corrected chi connectivity index (χ0v) is 14.4. The zero-order chi connectivity index (χ0) is 18.4. The Labute approximate surface area is 145 Å². The normalized spacial score (nSPS) is 11.3. The molecule has 2 aromatic rings. The minimum atomic E-state index is -3.90. The Kier molecular flexibility index (Phi) is 6.22. The first-order valence-corrected chi connectivity index (χ1v) is 9.03. The van der Waals surface area contributed by atoms with Gasteiger partial charge in [-0.3, -0.25) is 4.79 Å². The molecular weight excluding hydrogens is 350 g/mol. The molecule has 2 rings (SSSR count). The summed E-state index contributed by atoms with van der Waals surface area (Å²) < 4.78 is 52.3. The first-order valence-electron chi connectivity index (χ1n) is 7.55. The van der Waals surface area contributed by atoms with Crippen LogP contribution in [0.2, 0.25) is 0 Å². The van der Waals surface area contributed by atoms with Crippen molar-refractivity contribution in [3.8, 4) is 0 Å². The van der Waals surface area contributed by atoms with Crippen LogP contribution in [0.1, 0.15) is 11.1 Å². The topological polar surface area (TPSA) is 75.3 Å². The Hall–Kier alpha value is -2.32. The maximum Gasteiger partial charge on any atom is 0.241 e. The molecule has 8 heteroatoms. The summed E-state index contributed by atoms with van der Waals surface area (Å²) in [6, 6.07) is 9.19. The van der Waals surface area contributed by atoms with Gasteiger partial charge in [0.15, 0.2) is 0 Å². The highest BCUT2D eigenvalue weighted by Gasteiger charge is 2.18. The fourth-order valence-corrected chi connectivity index (χ4v) is 3.42. The Morgan fingerprint density at radius 3 is 2.32 bits per heavy atom. The van der Waals surface area contributed by atoms with E-state index in [0.717, 1.165) is 23.8 Å². The molecule has 5 nitrogen and oxygen atoms in total. The van der Waals surface area contributed by atoms with Crippen LogP contribution in [-0.2, 0) is 21.2 Å². The molecule has 2 aromatic carbocycles. The van der Waals surface area contributed by atoms with E-state index in [-0.39, 0.29) is 16.3 Å². The highest BCUT2D eigenvalue weighted by atomic mass is 32.2. The van der Waals surface area contributed by atoms with Crippen molar-refractivity contribution in [1.82, 2.24) is 10.0 Å². The van der Waals surface area contributed by atoms with E-state index in [1.807, 2.05) is 0 Å². The second-order valence-corrected chi connectivity index (χ2v) is 7.20. The number of benzene rings is 2. The molecule has 0 saturated heterocycles. The molecule has 0 saturated carbocycles. The molecule has 25 heavy (non-hydrogen) atoms. The van der Waals surface area contributed by atoms with Gasteiger partial charge in [0.05, 0.1) is 11.4 Å². The fraction of sp³-hybridized carbons (Fsp3) is 0.235. The van der Waals surface area contributed by atoms with E-state index < -0.39 is 28.3 Å². The van der Waals surface area contributed by atoms with Gasteiger partial charge in [0.25, 0.3) is 0 Å². The quantitative estimate of drug-likeness (QED) is 0.784. The van der Waals surface area contributed by atoms with Crippen molar-refractivity contribution in [1.29, 1.82) is 0 Å². The predicted molar refractivity (Wildman–Crippen MR) is 89.4 cm³/mol. The third-order valence-electron chi connectivity index (χ3n) is 3.50. The van der Waals surface area contributed by atoms with Crippen molar-refractivity contribution in [3.05, 3.63) is 65.2 Å². The summed E-state index contributed by atoms with van der Waals surface area (Å²) in [5.41, 5.74) is 1.11. The fourth-order valence-electron chi connectivity index (χ4n) is 2.21. The molecular formula is C17H18F2N2O3S. The molecule has 0 unspecified atom stereocenters. The molecule has 0 radical (unpaired) electrons. The summed E-state index contributed by atoms with van der Waals surface area (Å²) >= 11 is 0. The number of amides is 1. The average molecular weight is 368 g/mol. The van der Waals surface area contributed by atoms with Gasteiger partial charge in [-0.1, -0.05) is 12.1 Å². The van der Waals surface area contributed by atoms with Gasteiger partial charge in [-0.05, 0) is 54.8 Å². The smallest absolute Gasteiger partial charge is 0.241 e. The molecule has 0 aliphatic heterocycles. The minimum absolute atomic E-state index is 0.0759. The van der Waals surface area contributed by atoms with Gasteiger partial charge >= 0.3 is 0 Å². The molecule has 0 aromatic heterocycles. The maximum atomic E-state index is 13.1. The van der Waals surface area contributed by atoms with Crippen LogP contribution >= 0.6 is 0 Å². The number of hydrogen-bond donors (Lipinski definition) is 2. The van der Waals surface area contributed by atoms with Gasteiger partial charge in [0.1, 0.15) is 11.6 Å². The largest absolute Gasteiger partial charge is 0.355 e. The lowest BCUT2D eigenvalue weighted by Gasteiger charge is -2.10. The van der Waals surface area contributed by atoms with E-state index >= 15 is 0 Å². The molecule has 134 valence electrons. The molecule has 0 heterocycles. The average Bonchev–Trinajstić information content (AvgIpc) is 2.54. The van der Waals surface area contributed by atoms with Crippen molar-refractivity contribution in [2.24, 2.45) is 0 Å². The Bertz CT molecular complexity index is 853. The third-order valence-corrected chi connectivity index (χ3v) is 5.06. The highest BCUT2D eigenvalue weighted by Crippen LogP contribution is 2.15. The van der Waals surface area contributed by atoms with Gasteiger partial charge in [0.2, 0.25) is 15.9 Å². The summed E-state index contributed by atoms with van der Waals surface area (Å²) in [7, 11) is -3.90. The molecule has 0 aliphatic rings. The van der Waals surface area contributed by atoms with Gasteiger partial charge in [-0.15, -0.1) is 0 Å². The van der Waals surface area contributed by atoms with E-state index in [1.165, 1.54) is 19.1 Å². The lowest BCUT2D eigenvalue weighted by atomic mass is 10.1. The van der Waals surface area contributed by atoms with Crippen molar-refractivity contribution in [2.75, 3.05) is 13.1 Å². The summed E-state index contributed by atoms with van der Waals surface area (Å²) in [5, 5.41) is 2.57. The van der Waals surface area contributed by atoms with Crippen molar-refractivity contribution in [2.45, 2.75) is 18.2 Å². The van der Waals surface area contributed by atoms with E-state index in [4.69, 9.17) is 0 Å². The van der Waals surface area contributed by atoms with Crippen LogP contribution in [0.25, 0.3) is 0 Å². The summed E-state index contributed by atoms with van der Waals surface area (Å²) in [5.74, 6) is -1.36. The Morgan fingerprint density at radius 1 is 1.04 bits per heavy atom. The second kappa shape index (κ2) is 8.17. The predicted octanol–water partition coefficient (Wildman–Crippen LogP) is 1.91. The number of rotatable bonds is 7. The lowest BCUT2D eigenvalue weighted by Crippen LogP contribution is -2.37. The van der Waals surface area contributed by atoms with Crippen LogP contribution in [0.5, 0.6) is 0 Å². The molecule has 0 bridgehead atoms. The van der Waals surface area contributed by atoms with E-state index in [0.29, 0.717) is 13.0 Å². The first kappa shape index (κ1) is 19.0. The van der Waals surface area contributed by atoms with Gasteiger partial charge < -0.3 is 5.32 Å². The highest BCUT2D eigenvalue weighted by molar-refractivity contribution is 7.89. The van der Waals surface area contributed by atoms with Crippen molar-refractivity contribution < 1.29 is 22.0 Å². The molecule has 1 amide bonds. The van der Waals surface area contributed by atoms with Crippen LogP contribution in [0.4, 0.5) is 8.78 Å². The maximum absolute atomic E-state index is 13.1. The number of hydrogen-bond acceptors (Lipinski definition) is 3. The summed E-state index contributed by atoms with van der Waals surface area (Å²) in [4.78, 5) is 11.7. The van der Waals surface area contributed by atoms with Gasteiger partial charge in [0, 0.05) is 6.54 Å². The van der Waals surface area contributed by atoms with E-state index in [9.17, 15) is 22.0 Å². The zero-order valence-electron chi connectivity index (χ0n) is 13.6. The Morgan fingerprint density at radius 2 is 1.68 bits per heavy atom. The number of carbonyl (C=O) groups is 1. The first-order chi connectivity index (χ1) is 11.8. The van der Waals surface area contributed by atoms with Crippen molar-refractivity contribution >= 4 is 15.9 Å². The van der Waals surface area contributed by atoms with Crippen LogP contribution in [0.3, 0.4) is 0 Å². The molecule has 0 aliphatic carbocycles. The number of sulfonamides is 1. The van der Waals surface area contributed by atoms with Crippen molar-refractivity contribution in [3.63, 3.8) is 0 Å². The van der Waals surface area contributed by atoms with Gasteiger partial charge in [-0.2, -0.15) is 0 Å². The lowest BCUT2D eigenvalue weighted by molar-refractivity contribution is -0.119. The molecule has 0 spiro atoms. The number of aryl methyl sites for hydroxylation is 1. The second-order valence-electron chi connectivity index (χ2n) is 5.46. The monoisotopic (exact) mass is 368 g/mol. The number of carbonyl (C=O) groups excluding carboxylic acids is 1. The van der Waals surface area contributed by atoms with Crippen LogP contribution in [-0.4, -0.2) is 27.4 Å². The van der Waals surface area contributed by atoms with E-state index in [1.54, 1.807) is 12.1 Å². The number of halogens is 2. The third kappa shape index (κ3) is 5.61. The Balaban J connectivity index is 1.83. The molecule has 0 atom stereocenters. The van der Waals surface area contributed by atoms with Crippen LogP contribution in [0.15, 0.2) is 47.4 Å². The number of nitrogens with one attached hydrogen (secondary N) is 2. The summed E-state index contributed by atoms with van der Waals surface area (Å²) in [6.07, 6.45) is 0.496. The SMILES string of the molecule is Cc1cc(F)ccc1S(=O)(=O)NCC(=O)NCCc1ccc(F)cc1. The summed E-state index contributed by atoms with van der Waals surface area (Å²) in [6.45, 7) is 1.34. The van der Waals surface area contributed by atoms with E-state index in [2.05, 4.69) is 10.0 Å².